The first kappa shape index (κ1) is 20.6. The van der Waals surface area contributed by atoms with Crippen LogP contribution in [0.2, 0.25) is 0 Å². The highest BCUT2D eigenvalue weighted by atomic mass is 127. The second kappa shape index (κ2) is 13.3. The Balaban J connectivity index is 0.00000441. The molecule has 2 N–H and O–H groups in total. The first-order valence-corrected chi connectivity index (χ1v) is 7.26. The maximum atomic E-state index is 11.2. The van der Waals surface area contributed by atoms with Crippen molar-refractivity contribution in [2.45, 2.75) is 26.2 Å². The summed E-state index contributed by atoms with van der Waals surface area (Å²) in [6, 6.07) is 5.88. The number of nitrogens with one attached hydrogen (secondary N) is 2. The second-order valence-electron chi connectivity index (χ2n) is 4.41. The topological polar surface area (TPSA) is 75.6 Å². The van der Waals surface area contributed by atoms with E-state index in [0.29, 0.717) is 19.6 Å². The van der Waals surface area contributed by atoms with E-state index in [2.05, 4.69) is 20.6 Å². The van der Waals surface area contributed by atoms with E-state index in [1.807, 2.05) is 25.1 Å². The van der Waals surface area contributed by atoms with E-state index in [1.165, 1.54) is 0 Å². The standard InChI is InChI=1S/C15H24N4O2.HI/c1-3-21-14(20)8-6-11-18-15(16-2)19-12-9-13-7-4-5-10-17-13;/h4-5,7,10H,3,6,8-9,11-12H2,1-2H3,(H2,16,18,19);1H. The van der Waals surface area contributed by atoms with Crippen LogP contribution in [-0.2, 0) is 16.0 Å². The lowest BCUT2D eigenvalue weighted by Gasteiger charge is -2.11. The molecule has 6 nitrogen and oxygen atoms in total. The van der Waals surface area contributed by atoms with E-state index in [9.17, 15) is 4.79 Å². The number of aromatic nitrogens is 1. The van der Waals surface area contributed by atoms with Gasteiger partial charge in [-0.15, -0.1) is 24.0 Å². The third-order valence-corrected chi connectivity index (χ3v) is 2.78. The molecule has 7 heteroatoms. The number of guanidine groups is 1. The fourth-order valence-corrected chi connectivity index (χ4v) is 1.75. The van der Waals surface area contributed by atoms with Gasteiger partial charge in [0.25, 0.3) is 0 Å². The minimum Gasteiger partial charge on any atom is -0.466 e. The summed E-state index contributed by atoms with van der Waals surface area (Å²) in [5.74, 6) is 0.576. The van der Waals surface area contributed by atoms with Crippen molar-refractivity contribution in [2.75, 3.05) is 26.7 Å². The van der Waals surface area contributed by atoms with Crippen molar-refractivity contribution in [3.63, 3.8) is 0 Å². The van der Waals surface area contributed by atoms with E-state index < -0.39 is 0 Å². The molecule has 22 heavy (non-hydrogen) atoms. The Labute approximate surface area is 149 Å². The maximum Gasteiger partial charge on any atom is 0.305 e. The van der Waals surface area contributed by atoms with Gasteiger partial charge in [0.1, 0.15) is 0 Å². The average Bonchev–Trinajstić information content (AvgIpc) is 2.51. The molecule has 0 aliphatic carbocycles. The Bertz CT molecular complexity index is 440. The van der Waals surface area contributed by atoms with E-state index in [0.717, 1.165) is 31.0 Å². The number of nitrogens with zero attached hydrogens (tertiary/aromatic N) is 2. The lowest BCUT2D eigenvalue weighted by molar-refractivity contribution is -0.143. The van der Waals surface area contributed by atoms with E-state index in [1.54, 1.807) is 13.2 Å². The summed E-state index contributed by atoms with van der Waals surface area (Å²) in [5, 5.41) is 6.38. The fourth-order valence-electron chi connectivity index (χ4n) is 1.75. The van der Waals surface area contributed by atoms with Crippen LogP contribution in [0.1, 0.15) is 25.5 Å². The molecule has 0 radical (unpaired) electrons. The van der Waals surface area contributed by atoms with E-state index in [-0.39, 0.29) is 29.9 Å². The first-order valence-electron chi connectivity index (χ1n) is 7.26. The summed E-state index contributed by atoms with van der Waals surface area (Å²) in [7, 11) is 1.72. The number of pyridine rings is 1. The molecule has 0 atom stereocenters. The molecule has 0 aromatic carbocycles. The predicted octanol–water partition coefficient (Wildman–Crippen LogP) is 1.75. The van der Waals surface area contributed by atoms with Gasteiger partial charge in [0.2, 0.25) is 0 Å². The molecule has 0 saturated carbocycles. The molecule has 124 valence electrons. The number of aliphatic imine (C=N–C) groups is 1. The van der Waals surface area contributed by atoms with Crippen molar-refractivity contribution in [3.05, 3.63) is 30.1 Å². The van der Waals surface area contributed by atoms with Crippen LogP contribution in [-0.4, -0.2) is 43.7 Å². The molecule has 0 spiro atoms. The van der Waals surface area contributed by atoms with Gasteiger partial charge in [-0.2, -0.15) is 0 Å². The normalized spacial score (nSPS) is 10.5. The minimum atomic E-state index is -0.155. The lowest BCUT2D eigenvalue weighted by Crippen LogP contribution is -2.38. The SMILES string of the molecule is CCOC(=O)CCCNC(=NC)NCCc1ccccn1.I. The number of carbonyl (C=O) groups is 1. The molecular weight excluding hydrogens is 395 g/mol. The summed E-state index contributed by atoms with van der Waals surface area (Å²) in [6.07, 6.45) is 3.77. The molecule has 0 saturated heterocycles. The van der Waals surface area contributed by atoms with Crippen LogP contribution < -0.4 is 10.6 Å². The van der Waals surface area contributed by atoms with Crippen molar-refractivity contribution >= 4 is 35.9 Å². The molecule has 1 heterocycles. The van der Waals surface area contributed by atoms with Gasteiger partial charge in [0, 0.05) is 44.9 Å². The third-order valence-electron chi connectivity index (χ3n) is 2.78. The second-order valence-corrected chi connectivity index (χ2v) is 4.41. The van der Waals surface area contributed by atoms with Crippen molar-refractivity contribution in [1.82, 2.24) is 15.6 Å². The predicted molar refractivity (Wildman–Crippen MR) is 98.6 cm³/mol. The summed E-state index contributed by atoms with van der Waals surface area (Å²) in [6.45, 7) is 3.68. The molecule has 0 amide bonds. The lowest BCUT2D eigenvalue weighted by atomic mass is 10.3. The number of hydrogen-bond donors (Lipinski definition) is 2. The van der Waals surface area contributed by atoms with Gasteiger partial charge >= 0.3 is 5.97 Å². The zero-order valence-corrected chi connectivity index (χ0v) is 15.5. The molecule has 0 fully saturated rings. The third kappa shape index (κ3) is 9.54. The highest BCUT2D eigenvalue weighted by molar-refractivity contribution is 14.0. The average molecular weight is 420 g/mol. The minimum absolute atomic E-state index is 0. The monoisotopic (exact) mass is 420 g/mol. The smallest absolute Gasteiger partial charge is 0.305 e. The van der Waals surface area contributed by atoms with Crippen LogP contribution in [0.3, 0.4) is 0 Å². The highest BCUT2D eigenvalue weighted by Gasteiger charge is 2.02. The van der Waals surface area contributed by atoms with E-state index in [4.69, 9.17) is 4.74 Å². The van der Waals surface area contributed by atoms with Gasteiger partial charge < -0.3 is 15.4 Å². The Morgan fingerprint density at radius 3 is 2.73 bits per heavy atom. The summed E-state index contributed by atoms with van der Waals surface area (Å²) in [4.78, 5) is 19.6. The van der Waals surface area contributed by atoms with Gasteiger partial charge in [-0.25, -0.2) is 0 Å². The number of ether oxygens (including phenoxy) is 1. The van der Waals surface area contributed by atoms with Crippen LogP contribution in [0.25, 0.3) is 0 Å². The van der Waals surface area contributed by atoms with Gasteiger partial charge in [-0.3, -0.25) is 14.8 Å². The zero-order chi connectivity index (χ0) is 15.3. The van der Waals surface area contributed by atoms with Crippen LogP contribution in [0, 0.1) is 0 Å². The van der Waals surface area contributed by atoms with Gasteiger partial charge in [0.15, 0.2) is 5.96 Å². The molecular formula is C15H25IN4O2. The van der Waals surface area contributed by atoms with Gasteiger partial charge in [-0.05, 0) is 25.5 Å². The highest BCUT2D eigenvalue weighted by Crippen LogP contribution is 1.93. The zero-order valence-electron chi connectivity index (χ0n) is 13.2. The van der Waals surface area contributed by atoms with Crippen LogP contribution in [0.4, 0.5) is 0 Å². The van der Waals surface area contributed by atoms with Crippen LogP contribution >= 0.6 is 24.0 Å². The van der Waals surface area contributed by atoms with Crippen molar-refractivity contribution in [2.24, 2.45) is 4.99 Å². The Kier molecular flexibility index (Phi) is 12.5. The molecule has 0 bridgehead atoms. The number of rotatable bonds is 8. The number of esters is 1. The molecule has 1 rings (SSSR count). The molecule has 0 aliphatic heterocycles. The summed E-state index contributed by atoms with van der Waals surface area (Å²) in [5.41, 5.74) is 1.04. The maximum absolute atomic E-state index is 11.2. The number of carbonyl (C=O) groups excluding carboxylic acids is 1. The van der Waals surface area contributed by atoms with Crippen LogP contribution in [0.15, 0.2) is 29.4 Å². The Morgan fingerprint density at radius 2 is 2.09 bits per heavy atom. The van der Waals surface area contributed by atoms with Crippen molar-refractivity contribution < 1.29 is 9.53 Å². The Morgan fingerprint density at radius 1 is 1.32 bits per heavy atom. The van der Waals surface area contributed by atoms with Crippen molar-refractivity contribution in [3.8, 4) is 0 Å². The molecule has 0 aliphatic rings. The summed E-state index contributed by atoms with van der Waals surface area (Å²) >= 11 is 0. The van der Waals surface area contributed by atoms with Gasteiger partial charge in [0.05, 0.1) is 6.61 Å². The van der Waals surface area contributed by atoms with E-state index >= 15 is 0 Å². The molecule has 1 aromatic rings. The van der Waals surface area contributed by atoms with Gasteiger partial charge in [-0.1, -0.05) is 6.07 Å². The molecule has 0 unspecified atom stereocenters. The fraction of sp³-hybridized carbons (Fsp3) is 0.533. The van der Waals surface area contributed by atoms with Crippen molar-refractivity contribution in [1.29, 1.82) is 0 Å². The quantitative estimate of drug-likeness (QED) is 0.220. The largest absolute Gasteiger partial charge is 0.466 e. The number of hydrogen-bond acceptors (Lipinski definition) is 4. The first-order chi connectivity index (χ1) is 10.3. The Hall–Kier alpha value is -1.38. The molecule has 1 aromatic heterocycles. The summed E-state index contributed by atoms with van der Waals surface area (Å²) < 4.78 is 4.87. The number of halogens is 1. The van der Waals surface area contributed by atoms with Crippen LogP contribution in [0.5, 0.6) is 0 Å².